The van der Waals surface area contributed by atoms with Crippen molar-refractivity contribution in [3.63, 3.8) is 0 Å². The molecular weight excluding hydrogens is 348 g/mol. The number of hydrogen-bond donors (Lipinski definition) is 0. The Morgan fingerprint density at radius 2 is 1.21 bits per heavy atom. The average Bonchev–Trinajstić information content (AvgIpc) is 2.72. The van der Waals surface area contributed by atoms with Crippen molar-refractivity contribution in [1.29, 1.82) is 10.5 Å². The highest BCUT2D eigenvalue weighted by Gasteiger charge is 2.16. The lowest BCUT2D eigenvalue weighted by Crippen LogP contribution is -2.05. The first-order chi connectivity index (χ1) is 13.8. The van der Waals surface area contributed by atoms with Gasteiger partial charge in [-0.3, -0.25) is 0 Å². The highest BCUT2D eigenvalue weighted by molar-refractivity contribution is 5.60. The van der Waals surface area contributed by atoms with Crippen molar-refractivity contribution in [2.75, 3.05) is 13.2 Å². The van der Waals surface area contributed by atoms with E-state index in [4.69, 9.17) is 9.47 Å². The van der Waals surface area contributed by atoms with E-state index < -0.39 is 0 Å². The molecule has 0 N–H and O–H groups in total. The van der Waals surface area contributed by atoms with Gasteiger partial charge in [-0.2, -0.15) is 10.5 Å². The molecule has 0 heterocycles. The maximum Gasteiger partial charge on any atom is 0.180 e. The summed E-state index contributed by atoms with van der Waals surface area (Å²) < 4.78 is 11.8. The first-order valence-corrected chi connectivity index (χ1v) is 11.0. The van der Waals surface area contributed by atoms with Crippen LogP contribution in [0.25, 0.3) is 0 Å². The molecule has 0 atom stereocenters. The lowest BCUT2D eigenvalue weighted by Gasteiger charge is -2.15. The first kappa shape index (κ1) is 23.8. The molecule has 0 fully saturated rings. The van der Waals surface area contributed by atoms with E-state index in [-0.39, 0.29) is 5.56 Å². The highest BCUT2D eigenvalue weighted by Crippen LogP contribution is 2.33. The SMILES string of the molecule is CCCCCCCCOc1ccc(C#N)c(C#N)c1OCCCCCCCC. The van der Waals surface area contributed by atoms with Crippen molar-refractivity contribution in [1.82, 2.24) is 0 Å². The zero-order valence-corrected chi connectivity index (χ0v) is 17.8. The fourth-order valence-corrected chi connectivity index (χ4v) is 3.15. The van der Waals surface area contributed by atoms with Crippen LogP contribution in [-0.2, 0) is 0 Å². The minimum absolute atomic E-state index is 0.286. The summed E-state index contributed by atoms with van der Waals surface area (Å²) in [5.41, 5.74) is 0.626. The summed E-state index contributed by atoms with van der Waals surface area (Å²) in [5.74, 6) is 1.01. The molecule has 0 radical (unpaired) electrons. The summed E-state index contributed by atoms with van der Waals surface area (Å²) in [5, 5.41) is 18.8. The van der Waals surface area contributed by atoms with Gasteiger partial charge in [0, 0.05) is 0 Å². The highest BCUT2D eigenvalue weighted by atomic mass is 16.5. The van der Waals surface area contributed by atoms with Crippen LogP contribution < -0.4 is 9.47 Å². The van der Waals surface area contributed by atoms with E-state index in [1.807, 2.05) is 0 Å². The van der Waals surface area contributed by atoms with Crippen molar-refractivity contribution in [2.45, 2.75) is 90.9 Å². The smallest absolute Gasteiger partial charge is 0.180 e. The molecule has 154 valence electrons. The second-order valence-corrected chi connectivity index (χ2v) is 7.27. The first-order valence-electron chi connectivity index (χ1n) is 11.0. The lowest BCUT2D eigenvalue weighted by atomic mass is 10.1. The van der Waals surface area contributed by atoms with Gasteiger partial charge in [0.2, 0.25) is 0 Å². The number of rotatable bonds is 16. The molecule has 0 spiro atoms. The molecule has 0 aliphatic carbocycles. The monoisotopic (exact) mass is 384 g/mol. The quantitative estimate of drug-likeness (QED) is 0.290. The molecule has 0 aliphatic heterocycles. The summed E-state index contributed by atoms with van der Waals surface area (Å²) in [6.07, 6.45) is 14.2. The number of nitrogens with zero attached hydrogens (tertiary/aromatic N) is 2. The van der Waals surface area contributed by atoms with Crippen LogP contribution in [0.1, 0.15) is 102 Å². The van der Waals surface area contributed by atoms with Crippen LogP contribution in [-0.4, -0.2) is 13.2 Å². The van der Waals surface area contributed by atoms with Crippen LogP contribution in [0.2, 0.25) is 0 Å². The van der Waals surface area contributed by atoms with Crippen LogP contribution in [0.4, 0.5) is 0 Å². The zero-order valence-electron chi connectivity index (χ0n) is 17.8. The van der Waals surface area contributed by atoms with Crippen LogP contribution in [0.3, 0.4) is 0 Å². The fraction of sp³-hybridized carbons (Fsp3) is 0.667. The summed E-state index contributed by atoms with van der Waals surface area (Å²) in [6.45, 7) is 5.58. The number of ether oxygens (including phenoxy) is 2. The van der Waals surface area contributed by atoms with Gasteiger partial charge in [-0.15, -0.1) is 0 Å². The summed E-state index contributed by atoms with van der Waals surface area (Å²) in [7, 11) is 0. The third-order valence-corrected chi connectivity index (χ3v) is 4.85. The normalized spacial score (nSPS) is 10.3. The maximum atomic E-state index is 9.51. The topological polar surface area (TPSA) is 66.0 Å². The number of hydrogen-bond acceptors (Lipinski definition) is 4. The van der Waals surface area contributed by atoms with Crippen molar-refractivity contribution >= 4 is 0 Å². The Morgan fingerprint density at radius 3 is 1.75 bits per heavy atom. The third-order valence-electron chi connectivity index (χ3n) is 4.85. The second kappa shape index (κ2) is 15.8. The van der Waals surface area contributed by atoms with E-state index in [0.29, 0.717) is 30.3 Å². The number of benzene rings is 1. The third kappa shape index (κ3) is 9.14. The largest absolute Gasteiger partial charge is 0.490 e. The molecule has 0 saturated carbocycles. The molecule has 4 nitrogen and oxygen atoms in total. The van der Waals surface area contributed by atoms with Gasteiger partial charge in [-0.1, -0.05) is 78.1 Å². The molecule has 0 aromatic heterocycles. The molecule has 0 bridgehead atoms. The van der Waals surface area contributed by atoms with Crippen LogP contribution >= 0.6 is 0 Å². The number of nitriles is 2. The van der Waals surface area contributed by atoms with Gasteiger partial charge in [-0.05, 0) is 25.0 Å². The molecule has 1 rings (SSSR count). The second-order valence-electron chi connectivity index (χ2n) is 7.27. The lowest BCUT2D eigenvalue weighted by molar-refractivity contribution is 0.258. The summed E-state index contributed by atoms with van der Waals surface area (Å²) in [6, 6.07) is 7.60. The van der Waals surface area contributed by atoms with Crippen LogP contribution in [0.15, 0.2) is 12.1 Å². The minimum atomic E-state index is 0.286. The molecule has 28 heavy (non-hydrogen) atoms. The maximum absolute atomic E-state index is 9.51. The van der Waals surface area contributed by atoms with Crippen molar-refractivity contribution in [3.05, 3.63) is 23.3 Å². The molecule has 0 aliphatic rings. The Kier molecular flexibility index (Phi) is 13.5. The van der Waals surface area contributed by atoms with Crippen molar-refractivity contribution in [3.8, 4) is 23.6 Å². The standard InChI is InChI=1S/C24H36N2O2/c1-3-5-7-9-11-13-17-27-23-16-15-21(19-25)22(20-26)24(23)28-18-14-12-10-8-6-4-2/h15-16H,3-14,17-18H2,1-2H3. The van der Waals surface area contributed by atoms with Gasteiger partial charge in [0.1, 0.15) is 17.7 Å². The molecule has 1 aromatic carbocycles. The molecule has 0 amide bonds. The molecule has 0 unspecified atom stereocenters. The Bertz CT molecular complexity index is 629. The van der Waals surface area contributed by atoms with Gasteiger partial charge < -0.3 is 9.47 Å². The Labute approximate surface area is 171 Å². The predicted octanol–water partition coefficient (Wildman–Crippen LogP) is 6.91. The Balaban J connectivity index is 2.58. The van der Waals surface area contributed by atoms with Crippen LogP contribution in [0.5, 0.6) is 11.5 Å². The minimum Gasteiger partial charge on any atom is -0.490 e. The zero-order chi connectivity index (χ0) is 20.5. The van der Waals surface area contributed by atoms with E-state index in [0.717, 1.165) is 25.7 Å². The van der Waals surface area contributed by atoms with Crippen molar-refractivity contribution in [2.24, 2.45) is 0 Å². The van der Waals surface area contributed by atoms with E-state index in [1.165, 1.54) is 51.4 Å². The molecule has 1 aromatic rings. The summed E-state index contributed by atoms with van der Waals surface area (Å²) >= 11 is 0. The molecule has 4 heteroatoms. The van der Waals surface area contributed by atoms with Gasteiger partial charge >= 0.3 is 0 Å². The average molecular weight is 385 g/mol. The molecular formula is C24H36N2O2. The summed E-state index contributed by atoms with van der Waals surface area (Å²) in [4.78, 5) is 0. The van der Waals surface area contributed by atoms with Crippen molar-refractivity contribution < 1.29 is 9.47 Å². The van der Waals surface area contributed by atoms with E-state index >= 15 is 0 Å². The van der Waals surface area contributed by atoms with E-state index in [9.17, 15) is 10.5 Å². The van der Waals surface area contributed by atoms with Gasteiger partial charge in [-0.25, -0.2) is 0 Å². The van der Waals surface area contributed by atoms with Crippen LogP contribution in [0, 0.1) is 22.7 Å². The van der Waals surface area contributed by atoms with Gasteiger partial charge in [0.05, 0.1) is 18.8 Å². The van der Waals surface area contributed by atoms with Gasteiger partial charge in [0.25, 0.3) is 0 Å². The Morgan fingerprint density at radius 1 is 0.679 bits per heavy atom. The molecule has 0 saturated heterocycles. The van der Waals surface area contributed by atoms with E-state index in [1.54, 1.807) is 12.1 Å². The van der Waals surface area contributed by atoms with Gasteiger partial charge in [0.15, 0.2) is 11.5 Å². The predicted molar refractivity (Wildman–Crippen MR) is 114 cm³/mol. The number of unbranched alkanes of at least 4 members (excludes halogenated alkanes) is 10. The van der Waals surface area contributed by atoms with E-state index in [2.05, 4.69) is 26.0 Å². The Hall–Kier alpha value is -2.20. The fourth-order valence-electron chi connectivity index (χ4n) is 3.15.